The van der Waals surface area contributed by atoms with Crippen LogP contribution in [-0.2, 0) is 4.79 Å². The first-order valence-electron chi connectivity index (χ1n) is 13.9. The van der Waals surface area contributed by atoms with E-state index in [0.29, 0.717) is 16.4 Å². The molecule has 1 atom stereocenters. The number of aryl methyl sites for hydroxylation is 2. The summed E-state index contributed by atoms with van der Waals surface area (Å²) in [5, 5.41) is 8.21. The molecule has 2 amide bonds. The molecular weight excluding hydrogens is 571 g/mol. The lowest BCUT2D eigenvalue weighted by atomic mass is 10.1. The Bertz CT molecular complexity index is 1920. The molecule has 5 nitrogen and oxygen atoms in total. The lowest BCUT2D eigenvalue weighted by Gasteiger charge is -2.17. The maximum absolute atomic E-state index is 13.7. The third-order valence-electron chi connectivity index (χ3n) is 7.05. The molecule has 6 aromatic rings. The summed E-state index contributed by atoms with van der Waals surface area (Å²) in [6, 6.07) is 39.1. The van der Waals surface area contributed by atoms with Gasteiger partial charge in [0.15, 0.2) is 5.13 Å². The Labute approximate surface area is 259 Å². The van der Waals surface area contributed by atoms with Gasteiger partial charge in [0.2, 0.25) is 5.91 Å². The van der Waals surface area contributed by atoms with E-state index in [-0.39, 0.29) is 11.8 Å². The zero-order valence-corrected chi connectivity index (χ0v) is 25.3. The fourth-order valence-corrected chi connectivity index (χ4v) is 6.74. The second-order valence-electron chi connectivity index (χ2n) is 10.2. The highest BCUT2D eigenvalue weighted by Gasteiger charge is 2.24. The normalized spacial score (nSPS) is 11.7. The number of fused-ring (bicyclic) bond motifs is 1. The number of nitrogens with one attached hydrogen (secondary N) is 2. The van der Waals surface area contributed by atoms with Gasteiger partial charge < -0.3 is 10.6 Å². The minimum atomic E-state index is -0.528. The fraction of sp³-hybridized carbons (Fsp3) is 0.0833. The van der Waals surface area contributed by atoms with Crippen LogP contribution in [0.5, 0.6) is 0 Å². The number of amides is 2. The first-order valence-corrected chi connectivity index (χ1v) is 15.6. The van der Waals surface area contributed by atoms with Crippen molar-refractivity contribution in [2.24, 2.45) is 0 Å². The van der Waals surface area contributed by atoms with E-state index in [1.165, 1.54) is 28.7 Å². The average molecular weight is 600 g/mol. The molecule has 212 valence electrons. The van der Waals surface area contributed by atoms with Gasteiger partial charge in [-0.1, -0.05) is 96.6 Å². The number of nitrogens with zero attached hydrogens (tertiary/aromatic N) is 1. The van der Waals surface area contributed by atoms with Crippen LogP contribution in [0.1, 0.15) is 31.6 Å². The molecule has 0 saturated heterocycles. The molecule has 2 N–H and O–H groups in total. The number of benzene rings is 5. The number of rotatable bonds is 8. The Morgan fingerprint density at radius 3 is 2.28 bits per heavy atom. The van der Waals surface area contributed by atoms with Gasteiger partial charge in [-0.2, -0.15) is 0 Å². The van der Waals surface area contributed by atoms with E-state index in [4.69, 9.17) is 4.98 Å². The molecule has 0 aliphatic carbocycles. The quantitative estimate of drug-likeness (QED) is 0.171. The number of thioether (sulfide) groups is 1. The summed E-state index contributed by atoms with van der Waals surface area (Å²) in [7, 11) is 0. The van der Waals surface area contributed by atoms with Crippen molar-refractivity contribution >= 4 is 56.5 Å². The molecule has 0 saturated carbocycles. The first kappa shape index (κ1) is 28.4. The molecule has 0 aliphatic heterocycles. The molecule has 0 radical (unpaired) electrons. The van der Waals surface area contributed by atoms with Gasteiger partial charge in [0, 0.05) is 26.6 Å². The largest absolute Gasteiger partial charge is 0.322 e. The topological polar surface area (TPSA) is 71.1 Å². The fourth-order valence-electron chi connectivity index (χ4n) is 4.82. The highest BCUT2D eigenvalue weighted by Crippen LogP contribution is 2.38. The van der Waals surface area contributed by atoms with Crippen LogP contribution in [0.25, 0.3) is 22.0 Å². The van der Waals surface area contributed by atoms with Crippen LogP contribution in [0.2, 0.25) is 0 Å². The second-order valence-corrected chi connectivity index (χ2v) is 12.6. The maximum atomic E-state index is 13.7. The van der Waals surface area contributed by atoms with E-state index in [2.05, 4.69) is 41.8 Å². The molecule has 5 aromatic carbocycles. The van der Waals surface area contributed by atoms with Crippen molar-refractivity contribution in [2.75, 3.05) is 10.6 Å². The van der Waals surface area contributed by atoms with Gasteiger partial charge in [-0.3, -0.25) is 9.59 Å². The first-order chi connectivity index (χ1) is 20.9. The van der Waals surface area contributed by atoms with E-state index in [1.54, 1.807) is 0 Å². The Kier molecular flexibility index (Phi) is 8.36. The standard InChI is InChI=1S/C36H29N3O2S2/c1-23-15-17-26(18-16-23)32-24(2)42-36(38-32)39-35(41)33(27-10-4-3-5-11-27)43-31-14-8-13-30(22-31)37-34(40)29-20-19-25-9-6-7-12-28(25)21-29/h3-22,33H,1-2H3,(H,37,40)(H,38,39,41). The van der Waals surface area contributed by atoms with Gasteiger partial charge in [-0.05, 0) is 60.5 Å². The Morgan fingerprint density at radius 2 is 1.49 bits per heavy atom. The summed E-state index contributed by atoms with van der Waals surface area (Å²) in [4.78, 5) is 33.5. The highest BCUT2D eigenvalue weighted by molar-refractivity contribution is 8.00. The number of hydrogen-bond acceptors (Lipinski definition) is 5. The van der Waals surface area contributed by atoms with Crippen molar-refractivity contribution in [3.05, 3.63) is 143 Å². The highest BCUT2D eigenvalue weighted by atomic mass is 32.2. The summed E-state index contributed by atoms with van der Waals surface area (Å²) in [5.74, 6) is -0.347. The van der Waals surface area contributed by atoms with Gasteiger partial charge >= 0.3 is 0 Å². The van der Waals surface area contributed by atoms with Crippen molar-refractivity contribution in [1.29, 1.82) is 0 Å². The van der Waals surface area contributed by atoms with E-state index < -0.39 is 5.25 Å². The van der Waals surface area contributed by atoms with Crippen LogP contribution in [0.4, 0.5) is 10.8 Å². The molecule has 0 aliphatic rings. The monoisotopic (exact) mass is 599 g/mol. The number of anilines is 2. The van der Waals surface area contributed by atoms with Crippen LogP contribution >= 0.6 is 23.1 Å². The van der Waals surface area contributed by atoms with Gasteiger partial charge in [0.1, 0.15) is 5.25 Å². The minimum absolute atomic E-state index is 0.161. The summed E-state index contributed by atoms with van der Waals surface area (Å²) in [6.45, 7) is 4.07. The number of thiazole rings is 1. The molecule has 0 fully saturated rings. The van der Waals surface area contributed by atoms with Crippen LogP contribution in [0.15, 0.2) is 126 Å². The van der Waals surface area contributed by atoms with E-state index >= 15 is 0 Å². The molecule has 1 unspecified atom stereocenters. The SMILES string of the molecule is Cc1ccc(-c2nc(NC(=O)C(Sc3cccc(NC(=O)c4ccc5ccccc5c4)c3)c3ccccc3)sc2C)cc1. The molecule has 6 rings (SSSR count). The maximum Gasteiger partial charge on any atom is 0.255 e. The summed E-state index contributed by atoms with van der Waals surface area (Å²) in [5.41, 5.74) is 5.21. The zero-order valence-electron chi connectivity index (χ0n) is 23.7. The van der Waals surface area contributed by atoms with Crippen molar-refractivity contribution in [2.45, 2.75) is 24.0 Å². The van der Waals surface area contributed by atoms with Crippen LogP contribution in [0.3, 0.4) is 0 Å². The lowest BCUT2D eigenvalue weighted by Crippen LogP contribution is -2.19. The molecular formula is C36H29N3O2S2. The van der Waals surface area contributed by atoms with Crippen LogP contribution in [0, 0.1) is 13.8 Å². The van der Waals surface area contributed by atoms with E-state index in [1.807, 2.05) is 104 Å². The Hall–Kier alpha value is -4.72. The van der Waals surface area contributed by atoms with Gasteiger partial charge in [0.25, 0.3) is 5.91 Å². The number of aromatic nitrogens is 1. The molecule has 0 bridgehead atoms. The number of carbonyl (C=O) groups is 2. The van der Waals surface area contributed by atoms with Crippen molar-refractivity contribution in [3.8, 4) is 11.3 Å². The predicted molar refractivity (Wildman–Crippen MR) is 179 cm³/mol. The zero-order chi connectivity index (χ0) is 29.8. The summed E-state index contributed by atoms with van der Waals surface area (Å²) >= 11 is 2.90. The number of carbonyl (C=O) groups excluding carboxylic acids is 2. The second kappa shape index (κ2) is 12.7. The van der Waals surface area contributed by atoms with Gasteiger partial charge in [-0.15, -0.1) is 23.1 Å². The molecule has 1 heterocycles. The Morgan fingerprint density at radius 1 is 0.744 bits per heavy atom. The average Bonchev–Trinajstić information content (AvgIpc) is 3.39. The Balaban J connectivity index is 1.21. The van der Waals surface area contributed by atoms with Crippen LogP contribution in [-0.4, -0.2) is 16.8 Å². The summed E-state index contributed by atoms with van der Waals surface area (Å²) in [6.07, 6.45) is 0. The predicted octanol–water partition coefficient (Wildman–Crippen LogP) is 9.30. The molecule has 43 heavy (non-hydrogen) atoms. The van der Waals surface area contributed by atoms with E-state index in [9.17, 15) is 9.59 Å². The van der Waals surface area contributed by atoms with Gasteiger partial charge in [0.05, 0.1) is 5.69 Å². The van der Waals surface area contributed by atoms with Crippen molar-refractivity contribution in [3.63, 3.8) is 0 Å². The smallest absolute Gasteiger partial charge is 0.255 e. The van der Waals surface area contributed by atoms with E-state index in [0.717, 1.165) is 37.4 Å². The molecule has 0 spiro atoms. The minimum Gasteiger partial charge on any atom is -0.322 e. The van der Waals surface area contributed by atoms with Gasteiger partial charge in [-0.25, -0.2) is 4.98 Å². The molecule has 1 aromatic heterocycles. The summed E-state index contributed by atoms with van der Waals surface area (Å²) < 4.78 is 0. The van der Waals surface area contributed by atoms with Crippen molar-refractivity contribution in [1.82, 2.24) is 4.98 Å². The number of hydrogen-bond donors (Lipinski definition) is 2. The van der Waals surface area contributed by atoms with Crippen molar-refractivity contribution < 1.29 is 9.59 Å². The third kappa shape index (κ3) is 6.69. The van der Waals surface area contributed by atoms with Crippen LogP contribution < -0.4 is 10.6 Å². The lowest BCUT2D eigenvalue weighted by molar-refractivity contribution is -0.115. The molecule has 7 heteroatoms. The third-order valence-corrected chi connectivity index (χ3v) is 9.18.